The molecule has 0 aliphatic heterocycles. The summed E-state index contributed by atoms with van der Waals surface area (Å²) >= 11 is 3.40. The number of alkyl halides is 1. The second-order valence-electron chi connectivity index (χ2n) is 2.10. The van der Waals surface area contributed by atoms with Gasteiger partial charge < -0.3 is 0 Å². The van der Waals surface area contributed by atoms with Crippen LogP contribution in [0.5, 0.6) is 0 Å². The van der Waals surface area contributed by atoms with Crippen LogP contribution < -0.4 is 0 Å². The second kappa shape index (κ2) is 2.37. The molecule has 0 nitrogen and oxygen atoms in total. The maximum Gasteiger partial charge on any atom is 0.0310 e. The van der Waals surface area contributed by atoms with Gasteiger partial charge in [-0.15, -0.1) is 12.3 Å². The zero-order valence-corrected chi connectivity index (χ0v) is 6.25. The van der Waals surface area contributed by atoms with Crippen LogP contribution in [0.4, 0.5) is 0 Å². The number of hydrogen-bond donors (Lipinski definition) is 0. The zero-order chi connectivity index (χ0) is 5.91. The van der Waals surface area contributed by atoms with Crippen molar-refractivity contribution in [2.45, 2.75) is 24.6 Å². The van der Waals surface area contributed by atoms with Crippen molar-refractivity contribution >= 4 is 15.9 Å². The second-order valence-corrected chi connectivity index (χ2v) is 4.25. The van der Waals surface area contributed by atoms with Crippen LogP contribution in [0.2, 0.25) is 0 Å². The average molecular weight is 161 g/mol. The van der Waals surface area contributed by atoms with Gasteiger partial charge in [0.05, 0.1) is 0 Å². The highest BCUT2D eigenvalue weighted by Gasteiger charge is 2.08. The summed E-state index contributed by atoms with van der Waals surface area (Å²) < 4.78 is 0.127. The molecule has 0 saturated carbocycles. The highest BCUT2D eigenvalue weighted by atomic mass is 79.9. The minimum absolute atomic E-state index is 0.127. The van der Waals surface area contributed by atoms with Gasteiger partial charge in [-0.3, -0.25) is 0 Å². The number of rotatable bonds is 1. The van der Waals surface area contributed by atoms with Gasteiger partial charge in [-0.25, -0.2) is 0 Å². The summed E-state index contributed by atoms with van der Waals surface area (Å²) in [6.07, 6.45) is 5.82. The molecule has 40 valence electrons. The summed E-state index contributed by atoms with van der Waals surface area (Å²) in [7, 11) is 0. The van der Waals surface area contributed by atoms with Crippen LogP contribution in [0, 0.1) is 12.3 Å². The Morgan fingerprint density at radius 2 is 2.14 bits per heavy atom. The maximum atomic E-state index is 5.03. The highest BCUT2D eigenvalue weighted by Crippen LogP contribution is 2.18. The number of terminal acetylenes is 1. The molecule has 0 aromatic heterocycles. The standard InChI is InChI=1S/C6H9Br/c1-4-5-6(2,3)7/h1H,5H2,2-3H3. The van der Waals surface area contributed by atoms with Gasteiger partial charge >= 0.3 is 0 Å². The molecule has 0 saturated heterocycles. The van der Waals surface area contributed by atoms with E-state index >= 15 is 0 Å². The molecule has 0 N–H and O–H groups in total. The molecule has 0 heterocycles. The van der Waals surface area contributed by atoms with Crippen molar-refractivity contribution in [1.29, 1.82) is 0 Å². The average Bonchev–Trinajstić information content (AvgIpc) is 1.30. The Bertz CT molecular complexity index is 81.3. The van der Waals surface area contributed by atoms with E-state index in [4.69, 9.17) is 6.42 Å². The van der Waals surface area contributed by atoms with E-state index in [2.05, 4.69) is 21.9 Å². The third-order valence-electron chi connectivity index (χ3n) is 0.522. The lowest BCUT2D eigenvalue weighted by molar-refractivity contribution is 0.758. The molecule has 0 spiro atoms. The van der Waals surface area contributed by atoms with E-state index in [9.17, 15) is 0 Å². The SMILES string of the molecule is C#CCC(C)(C)Br. The van der Waals surface area contributed by atoms with Gasteiger partial charge in [-0.1, -0.05) is 15.9 Å². The summed E-state index contributed by atoms with van der Waals surface area (Å²) in [6, 6.07) is 0. The molecular weight excluding hydrogens is 152 g/mol. The Morgan fingerprint density at radius 1 is 1.71 bits per heavy atom. The predicted octanol–water partition coefficient (Wildman–Crippen LogP) is 2.18. The third kappa shape index (κ3) is 6.04. The molecule has 0 rings (SSSR count). The molecule has 0 fully saturated rings. The van der Waals surface area contributed by atoms with Crippen molar-refractivity contribution in [1.82, 2.24) is 0 Å². The lowest BCUT2D eigenvalue weighted by Crippen LogP contribution is -2.06. The first kappa shape index (κ1) is 7.04. The molecule has 0 aliphatic carbocycles. The fourth-order valence-corrected chi connectivity index (χ4v) is 0.405. The van der Waals surface area contributed by atoms with Gasteiger partial charge in [-0.2, -0.15) is 0 Å². The molecule has 0 radical (unpaired) electrons. The summed E-state index contributed by atoms with van der Waals surface area (Å²) in [5, 5.41) is 0. The summed E-state index contributed by atoms with van der Waals surface area (Å²) in [5.41, 5.74) is 0. The van der Waals surface area contributed by atoms with Gasteiger partial charge in [0.1, 0.15) is 0 Å². The molecular formula is C6H9Br. The smallest absolute Gasteiger partial charge is 0.0310 e. The predicted molar refractivity (Wildman–Crippen MR) is 36.5 cm³/mol. The zero-order valence-electron chi connectivity index (χ0n) is 4.66. The fraction of sp³-hybridized carbons (Fsp3) is 0.667. The van der Waals surface area contributed by atoms with E-state index in [0.29, 0.717) is 0 Å². The molecule has 0 aliphatic rings. The summed E-state index contributed by atoms with van der Waals surface area (Å²) in [4.78, 5) is 0. The Morgan fingerprint density at radius 3 is 2.14 bits per heavy atom. The van der Waals surface area contributed by atoms with Crippen LogP contribution in [0.1, 0.15) is 20.3 Å². The van der Waals surface area contributed by atoms with E-state index in [0.717, 1.165) is 6.42 Å². The Hall–Kier alpha value is 0.0400. The Kier molecular flexibility index (Phi) is 2.39. The summed E-state index contributed by atoms with van der Waals surface area (Å²) in [6.45, 7) is 4.10. The monoisotopic (exact) mass is 160 g/mol. The van der Waals surface area contributed by atoms with E-state index in [-0.39, 0.29) is 4.32 Å². The van der Waals surface area contributed by atoms with Crippen molar-refractivity contribution in [2.75, 3.05) is 0 Å². The first-order valence-electron chi connectivity index (χ1n) is 2.18. The third-order valence-corrected chi connectivity index (χ3v) is 0.803. The molecule has 7 heavy (non-hydrogen) atoms. The first-order chi connectivity index (χ1) is 3.06. The lowest BCUT2D eigenvalue weighted by atomic mass is 10.1. The van der Waals surface area contributed by atoms with Crippen LogP contribution in [0.15, 0.2) is 0 Å². The van der Waals surface area contributed by atoms with Gasteiger partial charge in [0, 0.05) is 10.7 Å². The van der Waals surface area contributed by atoms with Crippen LogP contribution in [-0.4, -0.2) is 4.32 Å². The number of halogens is 1. The molecule has 0 bridgehead atoms. The first-order valence-corrected chi connectivity index (χ1v) is 2.98. The normalized spacial score (nSPS) is 10.6. The molecule has 0 atom stereocenters. The van der Waals surface area contributed by atoms with Gasteiger partial charge in [-0.05, 0) is 13.8 Å². The maximum absolute atomic E-state index is 5.03. The van der Waals surface area contributed by atoms with E-state index in [1.807, 2.05) is 13.8 Å². The molecule has 1 heteroatoms. The van der Waals surface area contributed by atoms with E-state index < -0.39 is 0 Å². The fourth-order valence-electron chi connectivity index (χ4n) is 0.243. The van der Waals surface area contributed by atoms with Crippen LogP contribution in [0.25, 0.3) is 0 Å². The van der Waals surface area contributed by atoms with Crippen LogP contribution >= 0.6 is 15.9 Å². The van der Waals surface area contributed by atoms with Crippen molar-refractivity contribution < 1.29 is 0 Å². The quantitative estimate of drug-likeness (QED) is 0.408. The van der Waals surface area contributed by atoms with Gasteiger partial charge in [0.15, 0.2) is 0 Å². The van der Waals surface area contributed by atoms with Crippen molar-refractivity contribution in [3.8, 4) is 12.3 Å². The van der Waals surface area contributed by atoms with E-state index in [1.165, 1.54) is 0 Å². The minimum atomic E-state index is 0.127. The lowest BCUT2D eigenvalue weighted by Gasteiger charge is -2.09. The van der Waals surface area contributed by atoms with Crippen LogP contribution in [-0.2, 0) is 0 Å². The highest BCUT2D eigenvalue weighted by molar-refractivity contribution is 9.10. The molecule has 0 unspecified atom stereocenters. The van der Waals surface area contributed by atoms with Crippen molar-refractivity contribution in [2.24, 2.45) is 0 Å². The van der Waals surface area contributed by atoms with E-state index in [1.54, 1.807) is 0 Å². The summed E-state index contributed by atoms with van der Waals surface area (Å²) in [5.74, 6) is 2.56. The number of hydrogen-bond acceptors (Lipinski definition) is 0. The van der Waals surface area contributed by atoms with Crippen molar-refractivity contribution in [3.05, 3.63) is 0 Å². The van der Waals surface area contributed by atoms with Crippen LogP contribution in [0.3, 0.4) is 0 Å². The molecule has 0 aromatic carbocycles. The minimum Gasteiger partial charge on any atom is -0.120 e. The van der Waals surface area contributed by atoms with Crippen molar-refractivity contribution in [3.63, 3.8) is 0 Å². The largest absolute Gasteiger partial charge is 0.120 e. The molecule has 0 amide bonds. The van der Waals surface area contributed by atoms with Gasteiger partial charge in [0.2, 0.25) is 0 Å². The molecule has 0 aromatic rings. The Balaban J connectivity index is 3.40. The van der Waals surface area contributed by atoms with Gasteiger partial charge in [0.25, 0.3) is 0 Å². The topological polar surface area (TPSA) is 0 Å². The Labute approximate surface area is 53.4 Å².